The molecule has 1 fully saturated rings. The van der Waals surface area contributed by atoms with Crippen molar-refractivity contribution in [3.63, 3.8) is 0 Å². The van der Waals surface area contributed by atoms with Gasteiger partial charge in [0.25, 0.3) is 0 Å². The largest absolute Gasteiger partial charge is 0.490 e. The van der Waals surface area contributed by atoms with E-state index in [9.17, 15) is 0 Å². The molecule has 0 spiro atoms. The first-order valence-corrected chi connectivity index (χ1v) is 7.66. The highest BCUT2D eigenvalue weighted by molar-refractivity contribution is 5.43. The Morgan fingerprint density at radius 1 is 1.15 bits per heavy atom. The highest BCUT2D eigenvalue weighted by Crippen LogP contribution is 2.31. The first-order chi connectivity index (χ1) is 9.85. The van der Waals surface area contributed by atoms with Gasteiger partial charge in [-0.3, -0.25) is 4.90 Å². The van der Waals surface area contributed by atoms with Crippen LogP contribution < -0.4 is 15.2 Å². The Morgan fingerprint density at radius 3 is 2.85 bits per heavy atom. The fourth-order valence-corrected chi connectivity index (χ4v) is 3.05. The average molecular weight is 276 g/mol. The van der Waals surface area contributed by atoms with Gasteiger partial charge in [0, 0.05) is 19.5 Å². The van der Waals surface area contributed by atoms with Gasteiger partial charge in [0.05, 0.1) is 13.2 Å². The van der Waals surface area contributed by atoms with Crippen molar-refractivity contribution >= 4 is 0 Å². The lowest BCUT2D eigenvalue weighted by Crippen LogP contribution is -2.37. The second kappa shape index (κ2) is 6.46. The summed E-state index contributed by atoms with van der Waals surface area (Å²) < 4.78 is 11.4. The summed E-state index contributed by atoms with van der Waals surface area (Å²) in [6.45, 7) is 5.56. The third kappa shape index (κ3) is 3.25. The Kier molecular flexibility index (Phi) is 4.43. The Morgan fingerprint density at radius 2 is 2.00 bits per heavy atom. The van der Waals surface area contributed by atoms with Crippen molar-refractivity contribution in [1.82, 2.24) is 4.90 Å². The first-order valence-electron chi connectivity index (χ1n) is 7.66. The lowest BCUT2D eigenvalue weighted by molar-refractivity contribution is 0.171. The van der Waals surface area contributed by atoms with Gasteiger partial charge in [-0.05, 0) is 49.5 Å². The molecule has 1 atom stereocenters. The Bertz CT molecular complexity index is 450. The number of hydrogen-bond donors (Lipinski definition) is 1. The van der Waals surface area contributed by atoms with Crippen LogP contribution in [0.1, 0.15) is 24.8 Å². The minimum absolute atomic E-state index is 0.657. The molecule has 0 amide bonds. The summed E-state index contributed by atoms with van der Waals surface area (Å²) in [7, 11) is 0. The van der Waals surface area contributed by atoms with Gasteiger partial charge in [-0.1, -0.05) is 6.07 Å². The third-order valence-corrected chi connectivity index (χ3v) is 4.15. The predicted molar refractivity (Wildman–Crippen MR) is 79.1 cm³/mol. The van der Waals surface area contributed by atoms with E-state index in [1.165, 1.54) is 24.9 Å². The van der Waals surface area contributed by atoms with Gasteiger partial charge in [0.1, 0.15) is 0 Å². The van der Waals surface area contributed by atoms with Crippen LogP contribution in [0.2, 0.25) is 0 Å². The number of rotatable bonds is 3. The quantitative estimate of drug-likeness (QED) is 0.917. The van der Waals surface area contributed by atoms with E-state index >= 15 is 0 Å². The Labute approximate surface area is 120 Å². The lowest BCUT2D eigenvalue weighted by Gasteiger charge is -2.32. The van der Waals surface area contributed by atoms with Crippen molar-refractivity contribution in [3.8, 4) is 11.5 Å². The number of likely N-dealkylation sites (tertiary alicyclic amines) is 1. The fraction of sp³-hybridized carbons (Fsp3) is 0.625. The molecular weight excluding hydrogens is 252 g/mol. The van der Waals surface area contributed by atoms with E-state index in [4.69, 9.17) is 15.2 Å². The molecule has 2 heterocycles. The number of ether oxygens (including phenoxy) is 2. The number of fused-ring (bicyclic) bond motifs is 1. The predicted octanol–water partition coefficient (Wildman–Crippen LogP) is 2.02. The second-order valence-electron chi connectivity index (χ2n) is 5.81. The molecule has 0 aromatic heterocycles. The molecule has 3 rings (SSSR count). The Balaban J connectivity index is 1.66. The molecule has 4 nitrogen and oxygen atoms in total. The molecule has 0 radical (unpaired) electrons. The van der Waals surface area contributed by atoms with E-state index in [2.05, 4.69) is 17.0 Å². The van der Waals surface area contributed by atoms with Crippen LogP contribution in [-0.4, -0.2) is 37.7 Å². The maximum Gasteiger partial charge on any atom is 0.161 e. The standard InChI is InChI=1S/C16H24N2O2/c17-10-14-3-1-6-18(12-14)11-13-4-5-15-16(9-13)20-8-2-7-19-15/h4-5,9,14H,1-3,6-8,10-12,17H2. The van der Waals surface area contributed by atoms with Crippen molar-refractivity contribution in [2.45, 2.75) is 25.8 Å². The van der Waals surface area contributed by atoms with E-state index in [1.54, 1.807) is 0 Å². The van der Waals surface area contributed by atoms with Gasteiger partial charge in [0.15, 0.2) is 11.5 Å². The smallest absolute Gasteiger partial charge is 0.161 e. The molecule has 1 aromatic carbocycles. The minimum Gasteiger partial charge on any atom is -0.490 e. The molecule has 0 aliphatic carbocycles. The third-order valence-electron chi connectivity index (χ3n) is 4.15. The normalized spacial score (nSPS) is 23.4. The van der Waals surface area contributed by atoms with E-state index in [0.717, 1.165) is 50.8 Å². The molecule has 1 unspecified atom stereocenters. The van der Waals surface area contributed by atoms with Gasteiger partial charge in [-0.25, -0.2) is 0 Å². The zero-order valence-electron chi connectivity index (χ0n) is 12.0. The summed E-state index contributed by atoms with van der Waals surface area (Å²) in [6, 6.07) is 6.33. The second-order valence-corrected chi connectivity index (χ2v) is 5.81. The lowest BCUT2D eigenvalue weighted by atomic mass is 9.98. The first kappa shape index (κ1) is 13.7. The van der Waals surface area contributed by atoms with Gasteiger partial charge < -0.3 is 15.2 Å². The topological polar surface area (TPSA) is 47.7 Å². The number of nitrogens with two attached hydrogens (primary N) is 1. The van der Waals surface area contributed by atoms with Crippen molar-refractivity contribution in [3.05, 3.63) is 23.8 Å². The zero-order valence-corrected chi connectivity index (χ0v) is 12.0. The Hall–Kier alpha value is -1.26. The fourth-order valence-electron chi connectivity index (χ4n) is 3.05. The maximum absolute atomic E-state index is 5.80. The molecule has 110 valence electrons. The highest BCUT2D eigenvalue weighted by atomic mass is 16.5. The molecule has 2 aliphatic heterocycles. The number of hydrogen-bond acceptors (Lipinski definition) is 4. The molecule has 2 aliphatic rings. The van der Waals surface area contributed by atoms with Gasteiger partial charge in [0.2, 0.25) is 0 Å². The summed E-state index contributed by atoms with van der Waals surface area (Å²) in [6.07, 6.45) is 3.48. The summed E-state index contributed by atoms with van der Waals surface area (Å²) in [5, 5.41) is 0. The minimum atomic E-state index is 0.657. The van der Waals surface area contributed by atoms with Crippen LogP contribution in [0.3, 0.4) is 0 Å². The molecule has 4 heteroatoms. The monoisotopic (exact) mass is 276 g/mol. The highest BCUT2D eigenvalue weighted by Gasteiger charge is 2.19. The van der Waals surface area contributed by atoms with Crippen LogP contribution in [0.15, 0.2) is 18.2 Å². The maximum atomic E-state index is 5.80. The van der Waals surface area contributed by atoms with E-state index in [1.807, 2.05) is 6.07 Å². The summed E-state index contributed by atoms with van der Waals surface area (Å²) in [5.41, 5.74) is 7.10. The van der Waals surface area contributed by atoms with Crippen molar-refractivity contribution in [2.24, 2.45) is 11.7 Å². The number of nitrogens with zero attached hydrogens (tertiary/aromatic N) is 1. The summed E-state index contributed by atoms with van der Waals surface area (Å²) >= 11 is 0. The van der Waals surface area contributed by atoms with Gasteiger partial charge >= 0.3 is 0 Å². The summed E-state index contributed by atoms with van der Waals surface area (Å²) in [4.78, 5) is 2.50. The number of piperidine rings is 1. The average Bonchev–Trinajstić information content (AvgIpc) is 2.72. The van der Waals surface area contributed by atoms with Crippen LogP contribution >= 0.6 is 0 Å². The van der Waals surface area contributed by atoms with Gasteiger partial charge in [-0.15, -0.1) is 0 Å². The van der Waals surface area contributed by atoms with Crippen LogP contribution in [-0.2, 0) is 6.54 Å². The summed E-state index contributed by atoms with van der Waals surface area (Å²) in [5.74, 6) is 2.43. The van der Waals surface area contributed by atoms with Crippen LogP contribution in [0.25, 0.3) is 0 Å². The molecule has 1 aromatic rings. The van der Waals surface area contributed by atoms with E-state index in [-0.39, 0.29) is 0 Å². The van der Waals surface area contributed by atoms with Crippen molar-refractivity contribution in [1.29, 1.82) is 0 Å². The molecular formula is C16H24N2O2. The molecule has 2 N–H and O–H groups in total. The number of benzene rings is 1. The van der Waals surface area contributed by atoms with E-state index in [0.29, 0.717) is 5.92 Å². The van der Waals surface area contributed by atoms with Crippen LogP contribution in [0.4, 0.5) is 0 Å². The van der Waals surface area contributed by atoms with Crippen molar-refractivity contribution < 1.29 is 9.47 Å². The van der Waals surface area contributed by atoms with Crippen LogP contribution in [0.5, 0.6) is 11.5 Å². The van der Waals surface area contributed by atoms with E-state index < -0.39 is 0 Å². The SMILES string of the molecule is NCC1CCCN(Cc2ccc3c(c2)OCCCO3)C1. The molecule has 0 saturated carbocycles. The molecule has 1 saturated heterocycles. The van der Waals surface area contributed by atoms with Crippen LogP contribution in [0, 0.1) is 5.92 Å². The molecule has 20 heavy (non-hydrogen) atoms. The zero-order chi connectivity index (χ0) is 13.8. The van der Waals surface area contributed by atoms with Crippen molar-refractivity contribution in [2.75, 3.05) is 32.8 Å². The molecule has 0 bridgehead atoms. The van der Waals surface area contributed by atoms with Gasteiger partial charge in [-0.2, -0.15) is 0 Å².